The second-order valence-electron chi connectivity index (χ2n) is 1.11. The Labute approximate surface area is 48.5 Å². The fourth-order valence-corrected chi connectivity index (χ4v) is 0.250. The van der Waals surface area contributed by atoms with Gasteiger partial charge in [-0.25, -0.2) is 9.78 Å². The van der Waals surface area contributed by atoms with E-state index in [-0.39, 0.29) is 6.61 Å². The van der Waals surface area contributed by atoms with Gasteiger partial charge >= 0.3 is 0 Å². The topological polar surface area (TPSA) is 38.7 Å². The van der Waals surface area contributed by atoms with E-state index < -0.39 is 0 Å². The predicted octanol–water partition coefficient (Wildman–Crippen LogP) is 0.113. The standard InChI is InChI=1S/C5H10O3/c1-7-8-5-3-2-4-6/h2-3,6H,4-5H2,1H3/b3-2+. The summed E-state index contributed by atoms with van der Waals surface area (Å²) in [5.41, 5.74) is 0. The van der Waals surface area contributed by atoms with Crippen LogP contribution < -0.4 is 0 Å². The summed E-state index contributed by atoms with van der Waals surface area (Å²) in [5, 5.41) is 8.18. The Bertz CT molecular complexity index is 60.7. The Balaban J connectivity index is 2.80. The summed E-state index contributed by atoms with van der Waals surface area (Å²) >= 11 is 0. The molecule has 0 radical (unpaired) electrons. The second kappa shape index (κ2) is 6.62. The third kappa shape index (κ3) is 5.62. The molecule has 0 aromatic rings. The van der Waals surface area contributed by atoms with Crippen molar-refractivity contribution in [1.29, 1.82) is 0 Å². The third-order valence-electron chi connectivity index (χ3n) is 0.554. The average Bonchev–Trinajstić information content (AvgIpc) is 1.81. The fourth-order valence-electron chi connectivity index (χ4n) is 0.250. The van der Waals surface area contributed by atoms with Gasteiger partial charge in [-0.1, -0.05) is 12.2 Å². The lowest BCUT2D eigenvalue weighted by Crippen LogP contribution is -1.87. The van der Waals surface area contributed by atoms with Crippen LogP contribution in [0.3, 0.4) is 0 Å². The maximum Gasteiger partial charge on any atom is 0.100 e. The van der Waals surface area contributed by atoms with Crippen molar-refractivity contribution in [3.63, 3.8) is 0 Å². The van der Waals surface area contributed by atoms with E-state index >= 15 is 0 Å². The summed E-state index contributed by atoms with van der Waals surface area (Å²) in [6.45, 7) is 0.435. The van der Waals surface area contributed by atoms with Crippen LogP contribution >= 0.6 is 0 Å². The van der Waals surface area contributed by atoms with Crippen LogP contribution in [0.25, 0.3) is 0 Å². The maximum absolute atomic E-state index is 8.18. The molecule has 8 heavy (non-hydrogen) atoms. The largest absolute Gasteiger partial charge is 0.392 e. The molecule has 0 amide bonds. The van der Waals surface area contributed by atoms with Gasteiger partial charge in [-0.3, -0.25) is 0 Å². The van der Waals surface area contributed by atoms with Gasteiger partial charge in [-0.15, -0.1) is 0 Å². The van der Waals surface area contributed by atoms with E-state index in [0.717, 1.165) is 0 Å². The fraction of sp³-hybridized carbons (Fsp3) is 0.600. The van der Waals surface area contributed by atoms with Crippen LogP contribution in [0.2, 0.25) is 0 Å². The molecule has 3 nitrogen and oxygen atoms in total. The molecule has 0 saturated heterocycles. The molecule has 0 fully saturated rings. The van der Waals surface area contributed by atoms with Crippen molar-refractivity contribution in [2.45, 2.75) is 0 Å². The molecule has 1 N–H and O–H groups in total. The minimum Gasteiger partial charge on any atom is -0.392 e. The Morgan fingerprint density at radius 2 is 2.25 bits per heavy atom. The Hall–Kier alpha value is -0.380. The van der Waals surface area contributed by atoms with Crippen molar-refractivity contribution in [3.05, 3.63) is 12.2 Å². The van der Waals surface area contributed by atoms with Crippen LogP contribution in [-0.2, 0) is 9.78 Å². The van der Waals surface area contributed by atoms with E-state index in [4.69, 9.17) is 5.11 Å². The minimum atomic E-state index is 0.0487. The van der Waals surface area contributed by atoms with E-state index in [1.54, 1.807) is 12.2 Å². The number of rotatable bonds is 4. The molecular weight excluding hydrogens is 108 g/mol. The molecule has 0 aliphatic rings. The van der Waals surface area contributed by atoms with E-state index in [1.807, 2.05) is 0 Å². The lowest BCUT2D eigenvalue weighted by Gasteiger charge is -1.89. The molecule has 0 saturated carbocycles. The zero-order valence-electron chi connectivity index (χ0n) is 4.83. The SMILES string of the molecule is COOC/C=C/CO. The van der Waals surface area contributed by atoms with Crippen LogP contribution in [0.1, 0.15) is 0 Å². The highest BCUT2D eigenvalue weighted by molar-refractivity contribution is 4.79. The molecule has 3 heteroatoms. The number of hydrogen-bond acceptors (Lipinski definition) is 3. The molecule has 0 aliphatic carbocycles. The van der Waals surface area contributed by atoms with Gasteiger partial charge in [0.1, 0.15) is 6.61 Å². The summed E-state index contributed by atoms with van der Waals surface area (Å²) in [5.74, 6) is 0. The number of hydrogen-bond donors (Lipinski definition) is 1. The van der Waals surface area contributed by atoms with Crippen LogP contribution in [0.15, 0.2) is 12.2 Å². The monoisotopic (exact) mass is 118 g/mol. The van der Waals surface area contributed by atoms with Gasteiger partial charge < -0.3 is 5.11 Å². The Kier molecular flexibility index (Phi) is 6.31. The summed E-state index contributed by atoms with van der Waals surface area (Å²) in [7, 11) is 1.44. The molecule has 0 rings (SSSR count). The highest BCUT2D eigenvalue weighted by atomic mass is 17.2. The molecule has 0 aliphatic heterocycles. The van der Waals surface area contributed by atoms with Crippen LogP contribution in [0.5, 0.6) is 0 Å². The molecule has 0 aromatic carbocycles. The molecule has 0 bridgehead atoms. The molecular formula is C5H10O3. The zero-order chi connectivity index (χ0) is 6.24. The van der Waals surface area contributed by atoms with Gasteiger partial charge in [0.2, 0.25) is 0 Å². The van der Waals surface area contributed by atoms with Crippen molar-refractivity contribution in [2.75, 3.05) is 20.3 Å². The van der Waals surface area contributed by atoms with Crippen molar-refractivity contribution < 1.29 is 14.9 Å². The first kappa shape index (κ1) is 7.62. The first-order valence-corrected chi connectivity index (χ1v) is 2.33. The van der Waals surface area contributed by atoms with Crippen LogP contribution in [0, 0.1) is 0 Å². The average molecular weight is 118 g/mol. The molecule has 0 spiro atoms. The Morgan fingerprint density at radius 1 is 1.50 bits per heavy atom. The predicted molar refractivity (Wildman–Crippen MR) is 29.2 cm³/mol. The minimum absolute atomic E-state index is 0.0487. The molecule has 0 heterocycles. The molecule has 48 valence electrons. The van der Waals surface area contributed by atoms with Gasteiger partial charge in [-0.2, -0.15) is 0 Å². The summed E-state index contributed by atoms with van der Waals surface area (Å²) in [6, 6.07) is 0. The quantitative estimate of drug-likeness (QED) is 0.246. The van der Waals surface area contributed by atoms with E-state index in [9.17, 15) is 0 Å². The first-order chi connectivity index (χ1) is 3.91. The van der Waals surface area contributed by atoms with Gasteiger partial charge in [-0.05, 0) is 0 Å². The maximum atomic E-state index is 8.18. The van der Waals surface area contributed by atoms with Gasteiger partial charge in [0.05, 0.1) is 13.7 Å². The first-order valence-electron chi connectivity index (χ1n) is 2.33. The molecule has 0 atom stereocenters. The van der Waals surface area contributed by atoms with Gasteiger partial charge in [0, 0.05) is 0 Å². The van der Waals surface area contributed by atoms with Crippen molar-refractivity contribution in [2.24, 2.45) is 0 Å². The highest BCUT2D eigenvalue weighted by Crippen LogP contribution is 1.74. The van der Waals surface area contributed by atoms with Crippen molar-refractivity contribution in [1.82, 2.24) is 0 Å². The van der Waals surface area contributed by atoms with Crippen molar-refractivity contribution in [3.8, 4) is 0 Å². The third-order valence-corrected chi connectivity index (χ3v) is 0.554. The number of aliphatic hydroxyl groups excluding tert-OH is 1. The van der Waals surface area contributed by atoms with Gasteiger partial charge in [0.25, 0.3) is 0 Å². The zero-order valence-corrected chi connectivity index (χ0v) is 4.83. The number of aliphatic hydroxyl groups is 1. The molecule has 0 unspecified atom stereocenters. The van der Waals surface area contributed by atoms with Gasteiger partial charge in [0.15, 0.2) is 0 Å². The molecule has 0 aromatic heterocycles. The Morgan fingerprint density at radius 3 is 2.75 bits per heavy atom. The smallest absolute Gasteiger partial charge is 0.100 e. The highest BCUT2D eigenvalue weighted by Gasteiger charge is 1.73. The van der Waals surface area contributed by atoms with Crippen LogP contribution in [-0.4, -0.2) is 25.4 Å². The lowest BCUT2D eigenvalue weighted by atomic mass is 10.5. The van der Waals surface area contributed by atoms with Crippen LogP contribution in [0.4, 0.5) is 0 Å². The lowest BCUT2D eigenvalue weighted by molar-refractivity contribution is -0.263. The summed E-state index contributed by atoms with van der Waals surface area (Å²) in [6.07, 6.45) is 3.25. The normalized spacial score (nSPS) is 10.8. The van der Waals surface area contributed by atoms with E-state index in [1.165, 1.54) is 7.11 Å². The van der Waals surface area contributed by atoms with Crippen molar-refractivity contribution >= 4 is 0 Å². The summed E-state index contributed by atoms with van der Waals surface area (Å²) in [4.78, 5) is 8.69. The summed E-state index contributed by atoms with van der Waals surface area (Å²) < 4.78 is 0. The van der Waals surface area contributed by atoms with E-state index in [2.05, 4.69) is 9.78 Å². The second-order valence-corrected chi connectivity index (χ2v) is 1.11. The van der Waals surface area contributed by atoms with E-state index in [0.29, 0.717) is 6.61 Å².